The topological polar surface area (TPSA) is 84.5 Å². The Balaban J connectivity index is 2.12. The molecule has 0 saturated carbocycles. The Bertz CT molecular complexity index is 847. The zero-order chi connectivity index (χ0) is 19.1. The van der Waals surface area contributed by atoms with Gasteiger partial charge in [0.25, 0.3) is 5.91 Å². The molecule has 0 aliphatic heterocycles. The minimum Gasteiger partial charge on any atom is -0.465 e. The number of methoxy groups -OCH3 is 1. The van der Waals surface area contributed by atoms with E-state index < -0.39 is 5.97 Å². The first-order valence-corrected chi connectivity index (χ1v) is 8.01. The number of rotatable bonds is 6. The van der Waals surface area contributed by atoms with Crippen LogP contribution in [0.4, 0.5) is 5.69 Å². The predicted octanol–water partition coefficient (Wildman–Crippen LogP) is 3.18. The molecule has 0 fully saturated rings. The number of amides is 2. The molecule has 0 aliphatic rings. The van der Waals surface area contributed by atoms with Crippen LogP contribution in [0.3, 0.4) is 0 Å². The number of nitrogens with one attached hydrogen (secondary N) is 2. The molecule has 2 aromatic carbocycles. The second-order valence-corrected chi connectivity index (χ2v) is 5.69. The van der Waals surface area contributed by atoms with Gasteiger partial charge in [-0.05, 0) is 42.0 Å². The smallest absolute Gasteiger partial charge is 0.340 e. The van der Waals surface area contributed by atoms with Crippen molar-refractivity contribution in [1.82, 2.24) is 5.32 Å². The first kappa shape index (κ1) is 19.2. The van der Waals surface area contributed by atoms with Crippen molar-refractivity contribution >= 4 is 35.1 Å². The van der Waals surface area contributed by atoms with Gasteiger partial charge >= 0.3 is 5.97 Å². The number of anilines is 1. The number of hydrogen-bond donors (Lipinski definition) is 2. The van der Waals surface area contributed by atoms with Crippen LogP contribution in [-0.2, 0) is 16.1 Å². The maximum absolute atomic E-state index is 12.4. The minimum atomic E-state index is -0.601. The monoisotopic (exact) mass is 372 g/mol. The van der Waals surface area contributed by atoms with Crippen LogP contribution >= 0.6 is 11.6 Å². The van der Waals surface area contributed by atoms with Crippen molar-refractivity contribution in [2.45, 2.75) is 6.54 Å². The Labute approximate surface area is 155 Å². The number of carbonyl (C=O) groups is 3. The molecule has 0 aliphatic carbocycles. The molecule has 2 amide bonds. The molecule has 0 bridgehead atoms. The van der Waals surface area contributed by atoms with E-state index in [1.165, 1.54) is 25.3 Å². The summed E-state index contributed by atoms with van der Waals surface area (Å²) >= 11 is 5.89. The van der Waals surface area contributed by atoms with E-state index in [-0.39, 0.29) is 17.4 Å². The second kappa shape index (κ2) is 8.82. The number of esters is 1. The van der Waals surface area contributed by atoms with Gasteiger partial charge < -0.3 is 15.4 Å². The Morgan fingerprint density at radius 1 is 1.15 bits per heavy atom. The molecule has 0 radical (unpaired) electrons. The summed E-state index contributed by atoms with van der Waals surface area (Å²) in [6, 6.07) is 11.2. The average molecular weight is 373 g/mol. The van der Waals surface area contributed by atoms with Gasteiger partial charge in [-0.25, -0.2) is 4.79 Å². The molecule has 26 heavy (non-hydrogen) atoms. The number of carbonyl (C=O) groups excluding carboxylic acids is 3. The van der Waals surface area contributed by atoms with Crippen LogP contribution in [0.2, 0.25) is 5.02 Å². The summed E-state index contributed by atoms with van der Waals surface area (Å²) < 4.78 is 4.70. The van der Waals surface area contributed by atoms with Crippen molar-refractivity contribution < 1.29 is 19.1 Å². The van der Waals surface area contributed by atoms with Crippen LogP contribution in [0.15, 0.2) is 55.1 Å². The molecule has 7 heteroatoms. The second-order valence-electron chi connectivity index (χ2n) is 5.25. The molecule has 134 valence electrons. The summed E-state index contributed by atoms with van der Waals surface area (Å²) in [6.45, 7) is 3.70. The van der Waals surface area contributed by atoms with E-state index in [1.54, 1.807) is 30.3 Å². The van der Waals surface area contributed by atoms with Crippen LogP contribution in [0, 0.1) is 0 Å². The zero-order valence-corrected chi connectivity index (χ0v) is 14.8. The molecule has 0 saturated heterocycles. The number of hydrogen-bond acceptors (Lipinski definition) is 4. The lowest BCUT2D eigenvalue weighted by Gasteiger charge is -2.11. The number of benzene rings is 2. The molecule has 2 N–H and O–H groups in total. The molecular weight excluding hydrogens is 356 g/mol. The molecule has 2 rings (SSSR count). The number of halogens is 1. The standard InChI is InChI=1S/C19H17ClN2O4/c1-3-17(23)21-11-12-4-6-13(7-5-12)18(24)22-16-9-8-14(20)10-15(16)19(25)26-2/h3-10H,1,11H2,2H3,(H,21,23)(H,22,24). The van der Waals surface area contributed by atoms with Gasteiger partial charge in [-0.2, -0.15) is 0 Å². The van der Waals surface area contributed by atoms with Crippen LogP contribution in [-0.4, -0.2) is 24.9 Å². The lowest BCUT2D eigenvalue weighted by molar-refractivity contribution is -0.116. The Morgan fingerprint density at radius 3 is 2.46 bits per heavy atom. The van der Waals surface area contributed by atoms with Gasteiger partial charge in [0.1, 0.15) is 0 Å². The molecule has 0 atom stereocenters. The summed E-state index contributed by atoms with van der Waals surface area (Å²) in [7, 11) is 1.25. The van der Waals surface area contributed by atoms with E-state index in [0.717, 1.165) is 5.56 Å². The fraction of sp³-hybridized carbons (Fsp3) is 0.105. The summed E-state index contributed by atoms with van der Waals surface area (Å²) in [5.41, 5.74) is 1.69. The zero-order valence-electron chi connectivity index (χ0n) is 14.0. The van der Waals surface area contributed by atoms with Gasteiger partial charge in [-0.3, -0.25) is 9.59 Å². The van der Waals surface area contributed by atoms with E-state index in [0.29, 0.717) is 22.8 Å². The van der Waals surface area contributed by atoms with Crippen molar-refractivity contribution in [2.24, 2.45) is 0 Å². The summed E-state index contributed by atoms with van der Waals surface area (Å²) in [5, 5.41) is 5.67. The highest BCUT2D eigenvalue weighted by Crippen LogP contribution is 2.22. The van der Waals surface area contributed by atoms with Gasteiger partial charge in [-0.15, -0.1) is 0 Å². The average Bonchev–Trinajstić information content (AvgIpc) is 2.67. The minimum absolute atomic E-state index is 0.164. The van der Waals surface area contributed by atoms with Gasteiger partial charge in [0.15, 0.2) is 0 Å². The lowest BCUT2D eigenvalue weighted by Crippen LogP contribution is -2.20. The third kappa shape index (κ3) is 4.94. The van der Waals surface area contributed by atoms with Gasteiger partial charge in [0, 0.05) is 17.1 Å². The van der Waals surface area contributed by atoms with Crippen molar-refractivity contribution in [3.05, 3.63) is 76.8 Å². The summed E-state index contributed by atoms with van der Waals surface area (Å²) in [5.74, 6) is -1.26. The molecule has 0 heterocycles. The SMILES string of the molecule is C=CC(=O)NCc1ccc(C(=O)Nc2ccc(Cl)cc2C(=O)OC)cc1. The molecule has 0 unspecified atom stereocenters. The van der Waals surface area contributed by atoms with E-state index in [9.17, 15) is 14.4 Å². The molecular formula is C19H17ClN2O4. The largest absolute Gasteiger partial charge is 0.465 e. The van der Waals surface area contributed by atoms with E-state index >= 15 is 0 Å². The van der Waals surface area contributed by atoms with E-state index in [2.05, 4.69) is 17.2 Å². The highest BCUT2D eigenvalue weighted by Gasteiger charge is 2.15. The number of ether oxygens (including phenoxy) is 1. The van der Waals surface area contributed by atoms with Crippen molar-refractivity contribution in [2.75, 3.05) is 12.4 Å². The quantitative estimate of drug-likeness (QED) is 0.602. The fourth-order valence-corrected chi connectivity index (χ4v) is 2.31. The van der Waals surface area contributed by atoms with E-state index in [1.807, 2.05) is 0 Å². The van der Waals surface area contributed by atoms with Crippen molar-refractivity contribution in [1.29, 1.82) is 0 Å². The lowest BCUT2D eigenvalue weighted by atomic mass is 10.1. The van der Waals surface area contributed by atoms with E-state index in [4.69, 9.17) is 16.3 Å². The van der Waals surface area contributed by atoms with Crippen molar-refractivity contribution in [3.8, 4) is 0 Å². The molecule has 6 nitrogen and oxygen atoms in total. The first-order chi connectivity index (χ1) is 12.4. The third-order valence-electron chi connectivity index (χ3n) is 3.50. The van der Waals surface area contributed by atoms with Gasteiger partial charge in [0.2, 0.25) is 5.91 Å². The highest BCUT2D eigenvalue weighted by molar-refractivity contribution is 6.31. The van der Waals surface area contributed by atoms with Crippen molar-refractivity contribution in [3.63, 3.8) is 0 Å². The maximum Gasteiger partial charge on any atom is 0.340 e. The molecule has 0 spiro atoms. The molecule has 2 aromatic rings. The van der Waals surface area contributed by atoms with Gasteiger partial charge in [-0.1, -0.05) is 30.3 Å². The van der Waals surface area contributed by atoms with Crippen LogP contribution in [0.1, 0.15) is 26.3 Å². The first-order valence-electron chi connectivity index (χ1n) is 7.63. The van der Waals surface area contributed by atoms with Crippen LogP contribution in [0.25, 0.3) is 0 Å². The Hall–Kier alpha value is -3.12. The highest BCUT2D eigenvalue weighted by atomic mass is 35.5. The maximum atomic E-state index is 12.4. The Kier molecular flexibility index (Phi) is 6.52. The summed E-state index contributed by atoms with van der Waals surface area (Å²) in [6.07, 6.45) is 1.19. The van der Waals surface area contributed by atoms with Crippen LogP contribution < -0.4 is 10.6 Å². The normalized spacial score (nSPS) is 9.92. The Morgan fingerprint density at radius 2 is 1.85 bits per heavy atom. The summed E-state index contributed by atoms with van der Waals surface area (Å²) in [4.78, 5) is 35.4. The predicted molar refractivity (Wildman–Crippen MR) is 99.2 cm³/mol. The van der Waals surface area contributed by atoms with Gasteiger partial charge in [0.05, 0.1) is 18.4 Å². The third-order valence-corrected chi connectivity index (χ3v) is 3.74. The molecule has 0 aromatic heterocycles. The fourth-order valence-electron chi connectivity index (χ4n) is 2.13. The van der Waals surface area contributed by atoms with Crippen LogP contribution in [0.5, 0.6) is 0 Å².